The maximum Gasteiger partial charge on any atom is 0.147 e. The highest BCUT2D eigenvalue weighted by atomic mass is 19.1. The lowest BCUT2D eigenvalue weighted by molar-refractivity contribution is -0.0190. The first-order chi connectivity index (χ1) is 6.56. The second kappa shape index (κ2) is 4.45. The molecule has 0 amide bonds. The van der Waals surface area contributed by atoms with E-state index in [0.717, 1.165) is 6.07 Å². The second-order valence-corrected chi connectivity index (χ2v) is 3.01. The molecule has 4 nitrogen and oxygen atoms in total. The molecular weight excluding hydrogens is 189 g/mol. The van der Waals surface area contributed by atoms with Crippen LogP contribution in [0.4, 0.5) is 4.39 Å². The lowest BCUT2D eigenvalue weighted by Gasteiger charge is -2.15. The molecule has 0 aliphatic rings. The van der Waals surface area contributed by atoms with Gasteiger partial charge in [0.05, 0.1) is 6.61 Å². The Morgan fingerprint density at radius 2 is 2.07 bits per heavy atom. The maximum atomic E-state index is 13.1. The molecule has 0 aromatic carbocycles. The predicted octanol–water partition coefficient (Wildman–Crippen LogP) is -0.0843. The van der Waals surface area contributed by atoms with E-state index in [9.17, 15) is 9.50 Å². The van der Waals surface area contributed by atoms with Crippen molar-refractivity contribution in [1.82, 2.24) is 4.98 Å². The van der Waals surface area contributed by atoms with E-state index in [1.54, 1.807) is 6.92 Å². The van der Waals surface area contributed by atoms with Gasteiger partial charge in [0.15, 0.2) is 0 Å². The van der Waals surface area contributed by atoms with E-state index >= 15 is 0 Å². The van der Waals surface area contributed by atoms with Gasteiger partial charge >= 0.3 is 0 Å². The van der Waals surface area contributed by atoms with Crippen LogP contribution in [-0.2, 0) is 0 Å². The third-order valence-electron chi connectivity index (χ3n) is 1.84. The van der Waals surface area contributed by atoms with Crippen molar-refractivity contribution in [2.45, 2.75) is 19.1 Å². The fourth-order valence-electron chi connectivity index (χ4n) is 1.05. The number of aliphatic hydroxyl groups excluding tert-OH is 3. The molecule has 5 heteroatoms. The summed E-state index contributed by atoms with van der Waals surface area (Å²) in [6.07, 6.45) is -2.92. The van der Waals surface area contributed by atoms with Gasteiger partial charge in [0, 0.05) is 5.69 Å². The average Bonchev–Trinajstić information content (AvgIpc) is 2.19. The Hall–Kier alpha value is -1.04. The lowest BCUT2D eigenvalue weighted by Crippen LogP contribution is -2.24. The normalized spacial score (nSPS) is 15.2. The average molecular weight is 201 g/mol. The Bertz CT molecular complexity index is 319. The SMILES string of the molecule is Cc1ccc(F)c(C(O)C(O)CO)n1. The summed E-state index contributed by atoms with van der Waals surface area (Å²) < 4.78 is 13.1. The fraction of sp³-hybridized carbons (Fsp3) is 0.444. The fourth-order valence-corrected chi connectivity index (χ4v) is 1.05. The first-order valence-electron chi connectivity index (χ1n) is 4.16. The first kappa shape index (κ1) is 11.0. The van der Waals surface area contributed by atoms with Gasteiger partial charge in [-0.05, 0) is 19.1 Å². The van der Waals surface area contributed by atoms with Crippen LogP contribution in [0.15, 0.2) is 12.1 Å². The van der Waals surface area contributed by atoms with E-state index in [0.29, 0.717) is 5.69 Å². The predicted molar refractivity (Wildman–Crippen MR) is 47.0 cm³/mol. The summed E-state index contributed by atoms with van der Waals surface area (Å²) in [5, 5.41) is 27.0. The Morgan fingerprint density at radius 3 is 2.64 bits per heavy atom. The molecule has 0 saturated carbocycles. The monoisotopic (exact) mass is 201 g/mol. The molecule has 1 aromatic heterocycles. The van der Waals surface area contributed by atoms with Crippen molar-refractivity contribution in [3.8, 4) is 0 Å². The molecule has 0 radical (unpaired) electrons. The van der Waals surface area contributed by atoms with Gasteiger partial charge in [-0.2, -0.15) is 0 Å². The van der Waals surface area contributed by atoms with E-state index in [1.165, 1.54) is 6.07 Å². The molecule has 2 unspecified atom stereocenters. The van der Waals surface area contributed by atoms with Crippen LogP contribution in [0.1, 0.15) is 17.5 Å². The van der Waals surface area contributed by atoms with Gasteiger partial charge in [0.1, 0.15) is 23.7 Å². The zero-order chi connectivity index (χ0) is 10.7. The van der Waals surface area contributed by atoms with Gasteiger partial charge in [-0.1, -0.05) is 0 Å². The standard InChI is InChI=1S/C9H12FNO3/c1-5-2-3-6(10)8(11-5)9(14)7(13)4-12/h2-3,7,9,12-14H,4H2,1H3. The lowest BCUT2D eigenvalue weighted by atomic mass is 10.1. The molecule has 0 aliphatic heterocycles. The van der Waals surface area contributed by atoms with Crippen molar-refractivity contribution in [3.05, 3.63) is 29.3 Å². The number of pyridine rings is 1. The van der Waals surface area contributed by atoms with Gasteiger partial charge in [-0.3, -0.25) is 4.98 Å². The largest absolute Gasteiger partial charge is 0.394 e. The van der Waals surface area contributed by atoms with E-state index in [-0.39, 0.29) is 5.69 Å². The molecule has 1 aromatic rings. The molecule has 0 bridgehead atoms. The van der Waals surface area contributed by atoms with Crippen molar-refractivity contribution in [2.24, 2.45) is 0 Å². The zero-order valence-corrected chi connectivity index (χ0v) is 7.68. The number of halogens is 1. The van der Waals surface area contributed by atoms with Crippen LogP contribution in [0.3, 0.4) is 0 Å². The second-order valence-electron chi connectivity index (χ2n) is 3.01. The summed E-state index contributed by atoms with van der Waals surface area (Å²) in [5.74, 6) is -0.699. The zero-order valence-electron chi connectivity index (χ0n) is 7.68. The number of aryl methyl sites for hydroxylation is 1. The van der Waals surface area contributed by atoms with Crippen LogP contribution < -0.4 is 0 Å². The van der Waals surface area contributed by atoms with E-state index in [2.05, 4.69) is 4.98 Å². The summed E-state index contributed by atoms with van der Waals surface area (Å²) >= 11 is 0. The molecule has 1 rings (SSSR count). The number of aromatic nitrogens is 1. The Morgan fingerprint density at radius 1 is 1.43 bits per heavy atom. The van der Waals surface area contributed by atoms with Crippen LogP contribution in [0.5, 0.6) is 0 Å². The first-order valence-corrected chi connectivity index (χ1v) is 4.16. The van der Waals surface area contributed by atoms with Gasteiger partial charge < -0.3 is 15.3 Å². The molecule has 0 fully saturated rings. The van der Waals surface area contributed by atoms with E-state index in [4.69, 9.17) is 10.2 Å². The molecule has 0 aliphatic carbocycles. The molecular formula is C9H12FNO3. The summed E-state index contributed by atoms with van der Waals surface area (Å²) in [6.45, 7) is 0.997. The smallest absolute Gasteiger partial charge is 0.147 e. The van der Waals surface area contributed by atoms with E-state index < -0.39 is 24.6 Å². The van der Waals surface area contributed by atoms with Gasteiger partial charge in [0.2, 0.25) is 0 Å². The summed E-state index contributed by atoms with van der Waals surface area (Å²) in [4.78, 5) is 3.75. The highest BCUT2D eigenvalue weighted by molar-refractivity contribution is 5.15. The van der Waals surface area contributed by atoms with Crippen molar-refractivity contribution >= 4 is 0 Å². The topological polar surface area (TPSA) is 73.6 Å². The Balaban J connectivity index is 2.99. The molecule has 0 spiro atoms. The molecule has 0 saturated heterocycles. The van der Waals surface area contributed by atoms with E-state index in [1.807, 2.05) is 0 Å². The number of aliphatic hydroxyl groups is 3. The number of hydrogen-bond donors (Lipinski definition) is 3. The minimum atomic E-state index is -1.50. The third-order valence-corrected chi connectivity index (χ3v) is 1.84. The third kappa shape index (κ3) is 2.25. The number of nitrogens with zero attached hydrogens (tertiary/aromatic N) is 1. The van der Waals surface area contributed by atoms with Gasteiger partial charge in [-0.15, -0.1) is 0 Å². The summed E-state index contributed by atoms with van der Waals surface area (Å²) in [5.41, 5.74) is 0.289. The summed E-state index contributed by atoms with van der Waals surface area (Å²) in [6, 6.07) is 2.61. The molecule has 1 heterocycles. The summed E-state index contributed by atoms with van der Waals surface area (Å²) in [7, 11) is 0. The van der Waals surface area contributed by atoms with Crippen LogP contribution in [0.25, 0.3) is 0 Å². The van der Waals surface area contributed by atoms with Crippen LogP contribution in [0, 0.1) is 12.7 Å². The molecule has 3 N–H and O–H groups in total. The minimum absolute atomic E-state index is 0.244. The number of rotatable bonds is 3. The van der Waals surface area contributed by atoms with Crippen LogP contribution in [-0.4, -0.2) is 33.0 Å². The quantitative estimate of drug-likeness (QED) is 0.639. The Labute approximate surface area is 80.7 Å². The molecule has 14 heavy (non-hydrogen) atoms. The molecule has 2 atom stereocenters. The minimum Gasteiger partial charge on any atom is -0.394 e. The van der Waals surface area contributed by atoms with Crippen molar-refractivity contribution in [3.63, 3.8) is 0 Å². The molecule has 78 valence electrons. The van der Waals surface area contributed by atoms with Crippen molar-refractivity contribution in [2.75, 3.05) is 6.61 Å². The van der Waals surface area contributed by atoms with Gasteiger partial charge in [-0.25, -0.2) is 4.39 Å². The maximum absolute atomic E-state index is 13.1. The highest BCUT2D eigenvalue weighted by Gasteiger charge is 2.22. The highest BCUT2D eigenvalue weighted by Crippen LogP contribution is 2.18. The van der Waals surface area contributed by atoms with Gasteiger partial charge in [0.25, 0.3) is 0 Å². The van der Waals surface area contributed by atoms with Crippen LogP contribution >= 0.6 is 0 Å². The van der Waals surface area contributed by atoms with Crippen molar-refractivity contribution < 1.29 is 19.7 Å². The van der Waals surface area contributed by atoms with Crippen LogP contribution in [0.2, 0.25) is 0 Å². The Kier molecular flexibility index (Phi) is 3.51. The van der Waals surface area contributed by atoms with Crippen molar-refractivity contribution in [1.29, 1.82) is 0 Å². The number of hydrogen-bond acceptors (Lipinski definition) is 4.